The van der Waals surface area contributed by atoms with Crippen LogP contribution in [0.1, 0.15) is 24.2 Å². The Labute approximate surface area is 123 Å². The summed E-state index contributed by atoms with van der Waals surface area (Å²) in [6.45, 7) is 2.46. The Morgan fingerprint density at radius 3 is 2.43 bits per heavy atom. The van der Waals surface area contributed by atoms with Gasteiger partial charge in [-0.25, -0.2) is 4.79 Å². The number of alkyl carbamates (subject to hydrolysis) is 1. The average molecular weight is 283 g/mol. The molecule has 3 rings (SSSR count). The largest absolute Gasteiger partial charge is 0.489 e. The number of amides is 1. The number of hydrogen-bond acceptors (Lipinski definition) is 3. The van der Waals surface area contributed by atoms with Gasteiger partial charge >= 0.3 is 6.09 Å². The summed E-state index contributed by atoms with van der Waals surface area (Å²) in [5.74, 6) is 0.799. The van der Waals surface area contributed by atoms with E-state index in [1.165, 1.54) is 0 Å². The first-order chi connectivity index (χ1) is 10.2. The third-order valence-corrected chi connectivity index (χ3v) is 3.49. The van der Waals surface area contributed by atoms with Crippen molar-refractivity contribution < 1.29 is 14.3 Å². The number of carbonyl (C=O) groups is 1. The SMILES string of the molecule is CC1NC(=O)O[C@H]1c1ccc(OCc2ccccc2)cc1. The van der Waals surface area contributed by atoms with E-state index in [1.54, 1.807) is 0 Å². The standard InChI is InChI=1S/C17H17NO3/c1-12-16(21-17(19)18-12)14-7-9-15(10-8-14)20-11-13-5-3-2-4-6-13/h2-10,12,16H,11H2,1H3,(H,18,19)/t12?,16-/m1/s1. The summed E-state index contributed by atoms with van der Waals surface area (Å²) < 4.78 is 11.0. The lowest BCUT2D eigenvalue weighted by Gasteiger charge is -2.13. The molecule has 21 heavy (non-hydrogen) atoms. The Hall–Kier alpha value is -2.49. The summed E-state index contributed by atoms with van der Waals surface area (Å²) in [7, 11) is 0. The van der Waals surface area contributed by atoms with Crippen LogP contribution < -0.4 is 10.1 Å². The molecule has 0 saturated carbocycles. The monoisotopic (exact) mass is 283 g/mol. The molecule has 1 saturated heterocycles. The molecule has 4 heteroatoms. The summed E-state index contributed by atoms with van der Waals surface area (Å²) in [5, 5.41) is 2.73. The maximum Gasteiger partial charge on any atom is 0.408 e. The zero-order valence-electron chi connectivity index (χ0n) is 11.8. The van der Waals surface area contributed by atoms with Crippen LogP contribution in [-0.2, 0) is 11.3 Å². The second kappa shape index (κ2) is 5.87. The number of hydrogen-bond donors (Lipinski definition) is 1. The predicted molar refractivity (Wildman–Crippen MR) is 79.0 cm³/mol. The number of carbonyl (C=O) groups excluding carboxylic acids is 1. The lowest BCUT2D eigenvalue weighted by atomic mass is 10.0. The lowest BCUT2D eigenvalue weighted by Crippen LogP contribution is -2.23. The second-order valence-corrected chi connectivity index (χ2v) is 5.10. The lowest BCUT2D eigenvalue weighted by molar-refractivity contribution is 0.134. The van der Waals surface area contributed by atoms with E-state index in [4.69, 9.17) is 9.47 Å². The number of benzene rings is 2. The van der Waals surface area contributed by atoms with Gasteiger partial charge in [0.05, 0.1) is 6.04 Å². The minimum absolute atomic E-state index is 0.0198. The Morgan fingerprint density at radius 1 is 1.10 bits per heavy atom. The summed E-state index contributed by atoms with van der Waals surface area (Å²) in [6.07, 6.45) is -0.599. The fraction of sp³-hybridized carbons (Fsp3) is 0.235. The van der Waals surface area contributed by atoms with Crippen molar-refractivity contribution in [2.45, 2.75) is 25.7 Å². The highest BCUT2D eigenvalue weighted by molar-refractivity contribution is 5.70. The maximum absolute atomic E-state index is 11.2. The fourth-order valence-corrected chi connectivity index (χ4v) is 2.36. The van der Waals surface area contributed by atoms with Crippen LogP contribution >= 0.6 is 0 Å². The van der Waals surface area contributed by atoms with Gasteiger partial charge in [0.25, 0.3) is 0 Å². The fourth-order valence-electron chi connectivity index (χ4n) is 2.36. The summed E-state index contributed by atoms with van der Waals surface area (Å²) >= 11 is 0. The molecule has 0 bridgehead atoms. The van der Waals surface area contributed by atoms with E-state index in [2.05, 4.69) is 5.32 Å². The van der Waals surface area contributed by atoms with Crippen molar-refractivity contribution in [2.75, 3.05) is 0 Å². The molecule has 4 nitrogen and oxygen atoms in total. The third kappa shape index (κ3) is 3.16. The highest BCUT2D eigenvalue weighted by Gasteiger charge is 2.31. The Morgan fingerprint density at radius 2 is 1.81 bits per heavy atom. The normalized spacial score (nSPS) is 20.7. The van der Waals surface area contributed by atoms with Crippen LogP contribution in [0.15, 0.2) is 54.6 Å². The highest BCUT2D eigenvalue weighted by atomic mass is 16.6. The molecular formula is C17H17NO3. The first-order valence-corrected chi connectivity index (χ1v) is 6.96. The highest BCUT2D eigenvalue weighted by Crippen LogP contribution is 2.27. The van der Waals surface area contributed by atoms with Crippen molar-refractivity contribution in [1.29, 1.82) is 0 Å². The number of cyclic esters (lactones) is 1. The molecule has 108 valence electrons. The van der Waals surface area contributed by atoms with Gasteiger partial charge in [0.15, 0.2) is 0 Å². The first-order valence-electron chi connectivity index (χ1n) is 6.96. The molecule has 0 radical (unpaired) electrons. The van der Waals surface area contributed by atoms with Crippen LogP contribution in [-0.4, -0.2) is 12.1 Å². The summed E-state index contributed by atoms with van der Waals surface area (Å²) in [4.78, 5) is 11.2. The molecule has 0 aromatic heterocycles. The van der Waals surface area contributed by atoms with E-state index in [9.17, 15) is 4.79 Å². The smallest absolute Gasteiger partial charge is 0.408 e. The van der Waals surface area contributed by atoms with Gasteiger partial charge in [0.1, 0.15) is 18.5 Å². The van der Waals surface area contributed by atoms with Gasteiger partial charge < -0.3 is 14.8 Å². The molecule has 2 aromatic rings. The van der Waals surface area contributed by atoms with E-state index in [-0.39, 0.29) is 18.2 Å². The Kier molecular flexibility index (Phi) is 3.77. The third-order valence-electron chi connectivity index (χ3n) is 3.49. The maximum atomic E-state index is 11.2. The Balaban J connectivity index is 1.63. The molecule has 1 N–H and O–H groups in total. The van der Waals surface area contributed by atoms with Crippen molar-refractivity contribution in [2.24, 2.45) is 0 Å². The van der Waals surface area contributed by atoms with E-state index in [1.807, 2.05) is 61.5 Å². The van der Waals surface area contributed by atoms with Gasteiger partial charge in [-0.3, -0.25) is 0 Å². The summed E-state index contributed by atoms with van der Waals surface area (Å²) in [6, 6.07) is 17.7. The van der Waals surface area contributed by atoms with E-state index < -0.39 is 0 Å². The molecule has 0 aliphatic carbocycles. The van der Waals surface area contributed by atoms with Crippen LogP contribution in [0.2, 0.25) is 0 Å². The minimum atomic E-state index is -0.364. The molecule has 1 amide bonds. The molecule has 1 heterocycles. The molecule has 2 aromatic carbocycles. The van der Waals surface area contributed by atoms with Crippen molar-refractivity contribution in [3.8, 4) is 5.75 Å². The van der Waals surface area contributed by atoms with Crippen molar-refractivity contribution in [3.63, 3.8) is 0 Å². The Bertz CT molecular complexity index is 610. The number of rotatable bonds is 4. The minimum Gasteiger partial charge on any atom is -0.489 e. The van der Waals surface area contributed by atoms with E-state index in [0.717, 1.165) is 16.9 Å². The molecule has 2 atom stereocenters. The van der Waals surface area contributed by atoms with Crippen LogP contribution in [0.5, 0.6) is 5.75 Å². The number of ether oxygens (including phenoxy) is 2. The van der Waals surface area contributed by atoms with Gasteiger partial charge in [-0.2, -0.15) is 0 Å². The topological polar surface area (TPSA) is 47.6 Å². The van der Waals surface area contributed by atoms with Gasteiger partial charge in [0.2, 0.25) is 0 Å². The zero-order valence-corrected chi connectivity index (χ0v) is 11.8. The summed E-state index contributed by atoms with van der Waals surface area (Å²) in [5.41, 5.74) is 2.09. The molecule has 1 fully saturated rings. The quantitative estimate of drug-likeness (QED) is 0.935. The van der Waals surface area contributed by atoms with Crippen molar-refractivity contribution in [3.05, 3.63) is 65.7 Å². The van der Waals surface area contributed by atoms with Gasteiger partial charge in [-0.05, 0) is 30.2 Å². The molecule has 0 spiro atoms. The predicted octanol–water partition coefficient (Wildman–Crippen LogP) is 3.44. The molecular weight excluding hydrogens is 266 g/mol. The van der Waals surface area contributed by atoms with Gasteiger partial charge in [-0.15, -0.1) is 0 Å². The van der Waals surface area contributed by atoms with E-state index in [0.29, 0.717) is 6.61 Å². The molecule has 1 aliphatic rings. The van der Waals surface area contributed by atoms with Crippen LogP contribution in [0, 0.1) is 0 Å². The van der Waals surface area contributed by atoms with Crippen molar-refractivity contribution in [1.82, 2.24) is 5.32 Å². The first kappa shape index (κ1) is 13.5. The second-order valence-electron chi connectivity index (χ2n) is 5.10. The molecule has 1 unspecified atom stereocenters. The molecule has 1 aliphatic heterocycles. The van der Waals surface area contributed by atoms with Gasteiger partial charge in [0, 0.05) is 0 Å². The number of nitrogens with one attached hydrogen (secondary N) is 1. The van der Waals surface area contributed by atoms with Crippen molar-refractivity contribution >= 4 is 6.09 Å². The van der Waals surface area contributed by atoms with E-state index >= 15 is 0 Å². The van der Waals surface area contributed by atoms with Crippen LogP contribution in [0.25, 0.3) is 0 Å². The van der Waals surface area contributed by atoms with Crippen LogP contribution in [0.3, 0.4) is 0 Å². The zero-order chi connectivity index (χ0) is 14.7. The van der Waals surface area contributed by atoms with Gasteiger partial charge in [-0.1, -0.05) is 42.5 Å². The van der Waals surface area contributed by atoms with Crippen LogP contribution in [0.4, 0.5) is 4.79 Å². The average Bonchev–Trinajstić information content (AvgIpc) is 2.85.